The molecule has 5 nitrogen and oxygen atoms in total. The van der Waals surface area contributed by atoms with E-state index in [0.717, 1.165) is 46.7 Å². The topological polar surface area (TPSA) is 58.5 Å². The molecule has 1 heterocycles. The molecular formula is C21H23ClN4O. The van der Waals surface area contributed by atoms with Gasteiger partial charge in [-0.15, -0.1) is 0 Å². The van der Waals surface area contributed by atoms with E-state index in [1.54, 1.807) is 14.2 Å². The molecule has 0 radical (unpaired) electrons. The van der Waals surface area contributed by atoms with Gasteiger partial charge in [-0.25, -0.2) is 0 Å². The van der Waals surface area contributed by atoms with Crippen LogP contribution in [0.3, 0.4) is 0 Å². The molecule has 0 unspecified atom stereocenters. The van der Waals surface area contributed by atoms with Crippen LogP contribution in [0.5, 0.6) is 5.75 Å². The van der Waals surface area contributed by atoms with Crippen LogP contribution in [-0.2, 0) is 13.0 Å². The predicted molar refractivity (Wildman–Crippen MR) is 112 cm³/mol. The van der Waals surface area contributed by atoms with Crippen LogP contribution < -0.4 is 15.4 Å². The van der Waals surface area contributed by atoms with Gasteiger partial charge >= 0.3 is 0 Å². The van der Waals surface area contributed by atoms with Crippen molar-refractivity contribution in [2.75, 3.05) is 20.7 Å². The Morgan fingerprint density at radius 2 is 1.96 bits per heavy atom. The Morgan fingerprint density at radius 3 is 2.74 bits per heavy atom. The van der Waals surface area contributed by atoms with Gasteiger partial charge < -0.3 is 15.4 Å². The summed E-state index contributed by atoms with van der Waals surface area (Å²) in [6.45, 7) is 1.37. The lowest BCUT2D eigenvalue weighted by atomic mass is 10.1. The molecule has 2 aromatic carbocycles. The van der Waals surface area contributed by atoms with E-state index in [2.05, 4.69) is 38.8 Å². The molecule has 1 aromatic heterocycles. The van der Waals surface area contributed by atoms with Crippen molar-refractivity contribution >= 4 is 28.5 Å². The Labute approximate surface area is 164 Å². The Morgan fingerprint density at radius 1 is 1.11 bits per heavy atom. The maximum atomic E-state index is 6.29. The maximum Gasteiger partial charge on any atom is 0.191 e. The molecule has 2 N–H and O–H groups in total. The first-order valence-corrected chi connectivity index (χ1v) is 9.18. The lowest BCUT2D eigenvalue weighted by Gasteiger charge is -2.13. The van der Waals surface area contributed by atoms with Crippen molar-refractivity contribution in [3.8, 4) is 5.75 Å². The molecule has 0 atom stereocenters. The van der Waals surface area contributed by atoms with Gasteiger partial charge in [0.05, 0.1) is 12.6 Å². The Balaban J connectivity index is 1.55. The maximum absolute atomic E-state index is 6.29. The average molecular weight is 383 g/mol. The molecule has 0 saturated carbocycles. The molecule has 0 amide bonds. The van der Waals surface area contributed by atoms with Gasteiger partial charge in [0, 0.05) is 36.7 Å². The number of rotatable bonds is 6. The molecule has 6 heteroatoms. The summed E-state index contributed by atoms with van der Waals surface area (Å²) in [5.41, 5.74) is 3.21. The molecule has 0 aliphatic heterocycles. The molecule has 0 bridgehead atoms. The summed E-state index contributed by atoms with van der Waals surface area (Å²) in [6.07, 6.45) is 2.61. The van der Waals surface area contributed by atoms with Gasteiger partial charge in [0.15, 0.2) is 5.96 Å². The van der Waals surface area contributed by atoms with Crippen molar-refractivity contribution in [2.24, 2.45) is 4.99 Å². The zero-order chi connectivity index (χ0) is 19.1. The highest BCUT2D eigenvalue weighted by molar-refractivity contribution is 6.31. The van der Waals surface area contributed by atoms with Gasteiger partial charge in [0.25, 0.3) is 0 Å². The molecule has 0 spiro atoms. The van der Waals surface area contributed by atoms with Gasteiger partial charge in [0.1, 0.15) is 5.75 Å². The van der Waals surface area contributed by atoms with E-state index in [4.69, 9.17) is 16.3 Å². The second-order valence-electron chi connectivity index (χ2n) is 6.05. The summed E-state index contributed by atoms with van der Waals surface area (Å²) in [5.74, 6) is 1.51. The standard InChI is InChI=1S/C21H23ClN4O/c1-23-21(25-12-10-15-8-9-18(27-2)13-19(15)22)26-14-17-6-3-5-16-7-4-11-24-20(16)17/h3-9,11,13H,10,12,14H2,1-2H3,(H2,23,25,26). The number of halogens is 1. The lowest BCUT2D eigenvalue weighted by Crippen LogP contribution is -2.37. The summed E-state index contributed by atoms with van der Waals surface area (Å²) < 4.78 is 5.18. The minimum atomic E-state index is 0.650. The van der Waals surface area contributed by atoms with Crippen molar-refractivity contribution in [2.45, 2.75) is 13.0 Å². The van der Waals surface area contributed by atoms with E-state index in [1.165, 1.54) is 0 Å². The average Bonchev–Trinajstić information content (AvgIpc) is 2.71. The molecular weight excluding hydrogens is 360 g/mol. The lowest BCUT2D eigenvalue weighted by molar-refractivity contribution is 0.414. The highest BCUT2D eigenvalue weighted by atomic mass is 35.5. The quantitative estimate of drug-likeness (QED) is 0.503. The van der Waals surface area contributed by atoms with Crippen molar-refractivity contribution in [1.29, 1.82) is 0 Å². The van der Waals surface area contributed by atoms with Crippen LogP contribution in [0.4, 0.5) is 0 Å². The molecule has 140 valence electrons. The smallest absolute Gasteiger partial charge is 0.191 e. The summed E-state index contributed by atoms with van der Waals surface area (Å²) in [4.78, 5) is 8.77. The van der Waals surface area contributed by atoms with Gasteiger partial charge in [0.2, 0.25) is 0 Å². The zero-order valence-electron chi connectivity index (χ0n) is 15.5. The normalized spacial score (nSPS) is 11.4. The number of pyridine rings is 1. The number of para-hydroxylation sites is 1. The number of methoxy groups -OCH3 is 1. The van der Waals surface area contributed by atoms with Crippen LogP contribution in [0.2, 0.25) is 5.02 Å². The van der Waals surface area contributed by atoms with Gasteiger partial charge in [-0.3, -0.25) is 9.98 Å². The molecule has 0 aliphatic rings. The van der Waals surface area contributed by atoms with Crippen LogP contribution in [-0.4, -0.2) is 31.6 Å². The van der Waals surface area contributed by atoms with E-state index in [0.29, 0.717) is 11.6 Å². The highest BCUT2D eigenvalue weighted by Gasteiger charge is 2.05. The number of ether oxygens (including phenoxy) is 1. The monoisotopic (exact) mass is 382 g/mol. The third-order valence-electron chi connectivity index (χ3n) is 4.33. The Hall–Kier alpha value is -2.79. The van der Waals surface area contributed by atoms with E-state index < -0.39 is 0 Å². The molecule has 3 aromatic rings. The second kappa shape index (κ2) is 9.24. The van der Waals surface area contributed by atoms with Gasteiger partial charge in [-0.05, 0) is 35.7 Å². The number of nitrogens with one attached hydrogen (secondary N) is 2. The van der Waals surface area contributed by atoms with Crippen LogP contribution in [0, 0.1) is 0 Å². The third kappa shape index (κ3) is 4.89. The van der Waals surface area contributed by atoms with Crippen molar-refractivity contribution in [3.05, 3.63) is 70.9 Å². The van der Waals surface area contributed by atoms with Crippen molar-refractivity contribution in [1.82, 2.24) is 15.6 Å². The van der Waals surface area contributed by atoms with E-state index >= 15 is 0 Å². The summed E-state index contributed by atoms with van der Waals surface area (Å²) in [6, 6.07) is 15.9. The fourth-order valence-corrected chi connectivity index (χ4v) is 3.15. The molecule has 0 saturated heterocycles. The number of hydrogen-bond acceptors (Lipinski definition) is 3. The van der Waals surface area contributed by atoms with Crippen LogP contribution in [0.25, 0.3) is 10.9 Å². The first-order chi connectivity index (χ1) is 13.2. The van der Waals surface area contributed by atoms with E-state index in [1.807, 2.05) is 36.5 Å². The number of aliphatic imine (C=N–C) groups is 1. The SMILES string of the molecule is CN=C(NCCc1ccc(OC)cc1Cl)NCc1cccc2cccnc12. The van der Waals surface area contributed by atoms with Gasteiger partial charge in [-0.2, -0.15) is 0 Å². The minimum Gasteiger partial charge on any atom is -0.497 e. The number of benzene rings is 2. The number of hydrogen-bond donors (Lipinski definition) is 2. The number of aromatic nitrogens is 1. The van der Waals surface area contributed by atoms with E-state index in [-0.39, 0.29) is 0 Å². The Kier molecular flexibility index (Phi) is 6.49. The fraction of sp³-hybridized carbons (Fsp3) is 0.238. The van der Waals surface area contributed by atoms with E-state index in [9.17, 15) is 0 Å². The first-order valence-electron chi connectivity index (χ1n) is 8.81. The molecule has 27 heavy (non-hydrogen) atoms. The summed E-state index contributed by atoms with van der Waals surface area (Å²) in [5, 5.41) is 8.51. The fourth-order valence-electron chi connectivity index (χ4n) is 2.88. The van der Waals surface area contributed by atoms with Crippen molar-refractivity contribution in [3.63, 3.8) is 0 Å². The predicted octanol–water partition coefficient (Wildman–Crippen LogP) is 3.80. The second-order valence-corrected chi connectivity index (χ2v) is 6.46. The highest BCUT2D eigenvalue weighted by Crippen LogP contribution is 2.22. The zero-order valence-corrected chi connectivity index (χ0v) is 16.3. The third-order valence-corrected chi connectivity index (χ3v) is 4.69. The minimum absolute atomic E-state index is 0.650. The molecule has 0 aliphatic carbocycles. The molecule has 0 fully saturated rings. The first kappa shape index (κ1) is 19.0. The number of nitrogens with zero attached hydrogens (tertiary/aromatic N) is 2. The Bertz CT molecular complexity index is 937. The molecule has 3 rings (SSSR count). The van der Waals surface area contributed by atoms with Crippen LogP contribution >= 0.6 is 11.6 Å². The van der Waals surface area contributed by atoms with Crippen LogP contribution in [0.1, 0.15) is 11.1 Å². The number of fused-ring (bicyclic) bond motifs is 1. The van der Waals surface area contributed by atoms with Crippen LogP contribution in [0.15, 0.2) is 59.7 Å². The van der Waals surface area contributed by atoms with Gasteiger partial charge in [-0.1, -0.05) is 41.9 Å². The summed E-state index contributed by atoms with van der Waals surface area (Å²) in [7, 11) is 3.39. The largest absolute Gasteiger partial charge is 0.497 e. The van der Waals surface area contributed by atoms with Crippen molar-refractivity contribution < 1.29 is 4.74 Å². The summed E-state index contributed by atoms with van der Waals surface area (Å²) >= 11 is 6.29. The number of guanidine groups is 1.